The van der Waals surface area contributed by atoms with Crippen LogP contribution in [0.2, 0.25) is 0 Å². The van der Waals surface area contributed by atoms with Gasteiger partial charge in [-0.3, -0.25) is 0 Å². The zero-order valence-corrected chi connectivity index (χ0v) is 12.3. The molecule has 0 amide bonds. The summed E-state index contributed by atoms with van der Waals surface area (Å²) in [6.45, 7) is 3.19. The molecule has 1 unspecified atom stereocenters. The van der Waals surface area contributed by atoms with Crippen LogP contribution >= 0.6 is 0 Å². The summed E-state index contributed by atoms with van der Waals surface area (Å²) >= 11 is 0. The Hall–Kier alpha value is -1.78. The number of hydrogen-bond donors (Lipinski definition) is 1. The molecule has 0 saturated carbocycles. The minimum Gasteiger partial charge on any atom is -0.465 e. The SMILES string of the molecule is CCCC1CCCCN1c1cc(C(=O)OC)c(N)cn1. The minimum absolute atomic E-state index is 0.365. The van der Waals surface area contributed by atoms with Crippen molar-refractivity contribution in [1.82, 2.24) is 4.98 Å². The van der Waals surface area contributed by atoms with E-state index in [2.05, 4.69) is 16.8 Å². The van der Waals surface area contributed by atoms with E-state index in [0.29, 0.717) is 17.3 Å². The van der Waals surface area contributed by atoms with E-state index in [1.807, 2.05) is 0 Å². The molecule has 1 aromatic heterocycles. The van der Waals surface area contributed by atoms with Crippen molar-refractivity contribution in [3.63, 3.8) is 0 Å². The van der Waals surface area contributed by atoms with Crippen molar-refractivity contribution in [3.05, 3.63) is 17.8 Å². The van der Waals surface area contributed by atoms with E-state index >= 15 is 0 Å². The number of piperidine rings is 1. The van der Waals surface area contributed by atoms with Crippen molar-refractivity contribution in [2.45, 2.75) is 45.1 Å². The van der Waals surface area contributed by atoms with E-state index in [9.17, 15) is 4.79 Å². The average Bonchev–Trinajstić information content (AvgIpc) is 2.48. The van der Waals surface area contributed by atoms with E-state index in [4.69, 9.17) is 10.5 Å². The normalized spacial score (nSPS) is 18.9. The largest absolute Gasteiger partial charge is 0.465 e. The quantitative estimate of drug-likeness (QED) is 0.857. The van der Waals surface area contributed by atoms with Crippen LogP contribution in [-0.2, 0) is 4.74 Å². The zero-order chi connectivity index (χ0) is 14.5. The molecule has 2 rings (SSSR count). The number of aromatic nitrogens is 1. The number of esters is 1. The summed E-state index contributed by atoms with van der Waals surface area (Å²) in [6, 6.07) is 2.27. The fourth-order valence-electron chi connectivity index (χ4n) is 2.83. The van der Waals surface area contributed by atoms with Gasteiger partial charge >= 0.3 is 5.97 Å². The fourth-order valence-corrected chi connectivity index (χ4v) is 2.83. The van der Waals surface area contributed by atoms with E-state index in [-0.39, 0.29) is 0 Å². The first kappa shape index (κ1) is 14.6. The highest BCUT2D eigenvalue weighted by Crippen LogP contribution is 2.27. The summed E-state index contributed by atoms with van der Waals surface area (Å²) in [6.07, 6.45) is 7.48. The number of nitrogen functional groups attached to an aromatic ring is 1. The first-order valence-corrected chi connectivity index (χ1v) is 7.27. The molecule has 5 heteroatoms. The lowest BCUT2D eigenvalue weighted by Crippen LogP contribution is -2.40. The number of hydrogen-bond acceptors (Lipinski definition) is 5. The summed E-state index contributed by atoms with van der Waals surface area (Å²) in [7, 11) is 1.36. The lowest BCUT2D eigenvalue weighted by molar-refractivity contribution is 0.0602. The first-order valence-electron chi connectivity index (χ1n) is 7.27. The number of carbonyl (C=O) groups is 1. The predicted molar refractivity (Wildman–Crippen MR) is 79.9 cm³/mol. The van der Waals surface area contributed by atoms with Gasteiger partial charge in [0.05, 0.1) is 24.6 Å². The maximum absolute atomic E-state index is 11.7. The van der Waals surface area contributed by atoms with Crippen molar-refractivity contribution >= 4 is 17.5 Å². The van der Waals surface area contributed by atoms with Gasteiger partial charge in [-0.05, 0) is 31.7 Å². The highest BCUT2D eigenvalue weighted by molar-refractivity contribution is 5.95. The lowest BCUT2D eigenvalue weighted by Gasteiger charge is -2.36. The molecule has 0 spiro atoms. The second-order valence-corrected chi connectivity index (χ2v) is 5.25. The smallest absolute Gasteiger partial charge is 0.340 e. The second kappa shape index (κ2) is 6.59. The monoisotopic (exact) mass is 277 g/mol. The van der Waals surface area contributed by atoms with Crippen LogP contribution in [0.5, 0.6) is 0 Å². The topological polar surface area (TPSA) is 68.5 Å². The van der Waals surface area contributed by atoms with Crippen LogP contribution in [0, 0.1) is 0 Å². The Kier molecular flexibility index (Phi) is 4.82. The van der Waals surface area contributed by atoms with Crippen molar-refractivity contribution in [3.8, 4) is 0 Å². The maximum Gasteiger partial charge on any atom is 0.340 e. The van der Waals surface area contributed by atoms with Gasteiger partial charge < -0.3 is 15.4 Å². The average molecular weight is 277 g/mol. The minimum atomic E-state index is -0.407. The standard InChI is InChI=1S/C15H23N3O2/c1-3-6-11-7-4-5-8-18(11)14-9-12(15(19)20-2)13(16)10-17-14/h9-11H,3-8,16H2,1-2H3. The summed E-state index contributed by atoms with van der Waals surface area (Å²) < 4.78 is 4.77. The van der Waals surface area contributed by atoms with Gasteiger partial charge in [0.2, 0.25) is 0 Å². The third-order valence-corrected chi connectivity index (χ3v) is 3.87. The molecule has 0 aromatic carbocycles. The van der Waals surface area contributed by atoms with Gasteiger partial charge in [0, 0.05) is 12.6 Å². The van der Waals surface area contributed by atoms with Gasteiger partial charge in [0.15, 0.2) is 0 Å². The number of methoxy groups -OCH3 is 1. The highest BCUT2D eigenvalue weighted by atomic mass is 16.5. The number of carbonyl (C=O) groups excluding carboxylic acids is 1. The first-order chi connectivity index (χ1) is 9.67. The second-order valence-electron chi connectivity index (χ2n) is 5.25. The van der Waals surface area contributed by atoms with Crippen LogP contribution in [0.15, 0.2) is 12.3 Å². The molecular formula is C15H23N3O2. The number of anilines is 2. The summed E-state index contributed by atoms with van der Waals surface area (Å²) in [5, 5.41) is 0. The summed E-state index contributed by atoms with van der Waals surface area (Å²) in [4.78, 5) is 18.4. The Morgan fingerprint density at radius 3 is 3.05 bits per heavy atom. The molecule has 1 aromatic rings. The molecule has 1 saturated heterocycles. The van der Waals surface area contributed by atoms with Gasteiger partial charge in [-0.2, -0.15) is 0 Å². The van der Waals surface area contributed by atoms with Gasteiger partial charge in [-0.1, -0.05) is 13.3 Å². The van der Waals surface area contributed by atoms with Crippen molar-refractivity contribution < 1.29 is 9.53 Å². The van der Waals surface area contributed by atoms with Crippen LogP contribution in [0.3, 0.4) is 0 Å². The Balaban J connectivity index is 2.28. The van der Waals surface area contributed by atoms with E-state index in [1.165, 1.54) is 26.4 Å². The van der Waals surface area contributed by atoms with Gasteiger partial charge in [0.1, 0.15) is 5.82 Å². The van der Waals surface area contributed by atoms with Crippen molar-refractivity contribution in [1.29, 1.82) is 0 Å². The molecule has 2 heterocycles. The Bertz CT molecular complexity index is 474. The molecular weight excluding hydrogens is 254 g/mol. The van der Waals surface area contributed by atoms with Crippen LogP contribution < -0.4 is 10.6 Å². The van der Waals surface area contributed by atoms with Crippen LogP contribution in [0.25, 0.3) is 0 Å². The third-order valence-electron chi connectivity index (χ3n) is 3.87. The van der Waals surface area contributed by atoms with Gasteiger partial charge in [-0.15, -0.1) is 0 Å². The molecule has 110 valence electrons. The van der Waals surface area contributed by atoms with Crippen molar-refractivity contribution in [2.24, 2.45) is 0 Å². The molecule has 1 fully saturated rings. The summed E-state index contributed by atoms with van der Waals surface area (Å²) in [5.41, 5.74) is 6.57. The molecule has 0 bridgehead atoms. The predicted octanol–water partition coefficient (Wildman–Crippen LogP) is 2.61. The van der Waals surface area contributed by atoms with E-state index in [1.54, 1.807) is 12.3 Å². The molecule has 0 aliphatic carbocycles. The van der Waals surface area contributed by atoms with Crippen LogP contribution in [0.1, 0.15) is 49.4 Å². The fraction of sp³-hybridized carbons (Fsp3) is 0.600. The third kappa shape index (κ3) is 3.03. The molecule has 20 heavy (non-hydrogen) atoms. The molecule has 0 radical (unpaired) electrons. The van der Waals surface area contributed by atoms with Gasteiger partial charge in [-0.25, -0.2) is 9.78 Å². The highest BCUT2D eigenvalue weighted by Gasteiger charge is 2.24. The molecule has 1 aliphatic heterocycles. The number of pyridine rings is 1. The number of nitrogens with zero attached hydrogens (tertiary/aromatic N) is 2. The molecule has 2 N–H and O–H groups in total. The molecule has 5 nitrogen and oxygen atoms in total. The summed E-state index contributed by atoms with van der Waals surface area (Å²) in [5.74, 6) is 0.424. The zero-order valence-electron chi connectivity index (χ0n) is 12.3. The van der Waals surface area contributed by atoms with Gasteiger partial charge in [0.25, 0.3) is 0 Å². The number of nitrogens with two attached hydrogens (primary N) is 1. The Morgan fingerprint density at radius 2 is 2.35 bits per heavy atom. The van der Waals surface area contributed by atoms with Crippen LogP contribution in [-0.4, -0.2) is 30.6 Å². The Morgan fingerprint density at radius 1 is 1.55 bits per heavy atom. The Labute approximate surface area is 120 Å². The van der Waals surface area contributed by atoms with Crippen molar-refractivity contribution in [2.75, 3.05) is 24.3 Å². The van der Waals surface area contributed by atoms with E-state index < -0.39 is 5.97 Å². The molecule has 1 atom stereocenters. The van der Waals surface area contributed by atoms with E-state index in [0.717, 1.165) is 25.2 Å². The number of ether oxygens (including phenoxy) is 1. The van der Waals surface area contributed by atoms with Crippen LogP contribution in [0.4, 0.5) is 11.5 Å². The number of rotatable bonds is 4. The maximum atomic E-state index is 11.7. The lowest BCUT2D eigenvalue weighted by atomic mass is 9.98. The molecule has 1 aliphatic rings.